The first-order chi connectivity index (χ1) is 26.7. The lowest BCUT2D eigenvalue weighted by atomic mass is 9.98. The molecule has 55 heavy (non-hydrogen) atoms. The van der Waals surface area contributed by atoms with Gasteiger partial charge in [-0.2, -0.15) is 0 Å². The molecule has 0 spiro atoms. The van der Waals surface area contributed by atoms with Gasteiger partial charge in [0, 0.05) is 36.5 Å². The van der Waals surface area contributed by atoms with E-state index in [0.29, 0.717) is 5.92 Å². The van der Waals surface area contributed by atoms with Crippen molar-refractivity contribution < 1.29 is 9.59 Å². The van der Waals surface area contributed by atoms with E-state index in [-0.39, 0.29) is 49.1 Å². The van der Waals surface area contributed by atoms with Crippen LogP contribution >= 0.6 is 0 Å². The number of hydrogen-bond acceptors (Lipinski definition) is 9. The lowest BCUT2D eigenvalue weighted by Gasteiger charge is -2.38. The number of amides is 4. The molecule has 3 aliphatic rings. The first kappa shape index (κ1) is 38.9. The van der Waals surface area contributed by atoms with Crippen LogP contribution in [0.3, 0.4) is 0 Å². The molecular weight excluding hydrogens is 691 g/mol. The molecule has 0 radical (unpaired) electrons. The van der Waals surface area contributed by atoms with Gasteiger partial charge in [-0.25, -0.2) is 9.59 Å². The van der Waals surface area contributed by atoms with Crippen LogP contribution < -0.4 is 53.2 Å². The Balaban J connectivity index is 0.838. The SMILES string of the molecule is CC1CC(NCCCc2ccc3ccc(NC(=O)NC4NC(C)CC(NCC5CCCN(C)C5)N4)cc3c2)NC(NC(=O)Nc2ccc3ccccc3c2)N1. The Labute approximate surface area is 324 Å². The minimum absolute atomic E-state index is 0.0619. The van der Waals surface area contributed by atoms with Gasteiger partial charge in [0.05, 0.1) is 12.3 Å². The van der Waals surface area contributed by atoms with Gasteiger partial charge in [0.2, 0.25) is 0 Å². The summed E-state index contributed by atoms with van der Waals surface area (Å²) in [4.78, 5) is 28.3. The van der Waals surface area contributed by atoms with Crippen LogP contribution in [0.5, 0.6) is 0 Å². The number of nitrogens with one attached hydrogen (secondary N) is 10. The van der Waals surface area contributed by atoms with E-state index in [1.807, 2.05) is 48.5 Å². The van der Waals surface area contributed by atoms with Gasteiger partial charge in [-0.05, 0) is 130 Å². The van der Waals surface area contributed by atoms with Crippen LogP contribution in [0.15, 0.2) is 78.9 Å². The third-order valence-corrected chi connectivity index (χ3v) is 10.9. The molecule has 0 bridgehead atoms. The lowest BCUT2D eigenvalue weighted by molar-refractivity contribution is 0.169. The molecule has 7 rings (SSSR count). The van der Waals surface area contributed by atoms with Gasteiger partial charge >= 0.3 is 12.1 Å². The summed E-state index contributed by atoms with van der Waals surface area (Å²) >= 11 is 0. The molecule has 13 nitrogen and oxygen atoms in total. The molecule has 3 aliphatic heterocycles. The third-order valence-electron chi connectivity index (χ3n) is 10.9. The number of piperidine rings is 1. The Morgan fingerprint density at radius 1 is 0.709 bits per heavy atom. The van der Waals surface area contributed by atoms with E-state index in [9.17, 15) is 9.59 Å². The highest BCUT2D eigenvalue weighted by Crippen LogP contribution is 2.22. The molecule has 4 aromatic rings. The van der Waals surface area contributed by atoms with Crippen molar-refractivity contribution >= 4 is 45.0 Å². The zero-order valence-corrected chi connectivity index (χ0v) is 32.4. The average molecular weight is 750 g/mol. The smallest absolute Gasteiger partial charge is 0.310 e. The van der Waals surface area contributed by atoms with Gasteiger partial charge in [0.15, 0.2) is 0 Å². The van der Waals surface area contributed by atoms with Gasteiger partial charge in [-0.3, -0.25) is 21.3 Å². The fraction of sp³-hybridized carbons (Fsp3) is 0.476. The van der Waals surface area contributed by atoms with Crippen LogP contribution in [-0.4, -0.2) is 87.2 Å². The maximum atomic E-state index is 13.1. The standard InChI is InChI=1S/C42H59N11O2/c1-27-20-37(49-39(45-27)51-41(54)47-35-16-14-31-10-4-5-11-33(31)23-35)43-18-6-8-29-12-13-32-15-17-36(24-34(32)22-29)48-42(55)52-40-46-28(2)21-38(50-40)44-25-30-9-7-19-53(3)26-30/h4-5,10-17,22-24,27-28,30,37-40,43-46,49-50H,6-9,18-21,25-26H2,1-3H3,(H2,47,51,54)(H2,48,52,55). The molecule has 294 valence electrons. The molecule has 7 atom stereocenters. The fourth-order valence-corrected chi connectivity index (χ4v) is 8.21. The fourth-order valence-electron chi connectivity index (χ4n) is 8.21. The maximum Gasteiger partial charge on any atom is 0.321 e. The van der Waals surface area contributed by atoms with Crippen molar-refractivity contribution in [2.75, 3.05) is 43.9 Å². The van der Waals surface area contributed by atoms with E-state index in [4.69, 9.17) is 0 Å². The monoisotopic (exact) mass is 749 g/mol. The zero-order valence-electron chi connectivity index (χ0n) is 32.4. The summed E-state index contributed by atoms with van der Waals surface area (Å²) in [5, 5.41) is 37.7. The Hall–Kier alpha value is -4.34. The number of carbonyl (C=O) groups is 2. The molecule has 10 N–H and O–H groups in total. The summed E-state index contributed by atoms with van der Waals surface area (Å²) in [7, 11) is 2.20. The predicted molar refractivity (Wildman–Crippen MR) is 223 cm³/mol. The Kier molecular flexibility index (Phi) is 13.1. The second kappa shape index (κ2) is 18.5. The van der Waals surface area contributed by atoms with Gasteiger partial charge in [0.1, 0.15) is 12.6 Å². The quantitative estimate of drug-likeness (QED) is 0.0940. The minimum atomic E-state index is -0.363. The Morgan fingerprint density at radius 3 is 1.98 bits per heavy atom. The summed E-state index contributed by atoms with van der Waals surface area (Å²) < 4.78 is 0. The van der Waals surface area contributed by atoms with E-state index >= 15 is 0 Å². The van der Waals surface area contributed by atoms with Crippen molar-refractivity contribution in [3.8, 4) is 0 Å². The number of aryl methyl sites for hydroxylation is 1. The molecular formula is C42H59N11O2. The summed E-state index contributed by atoms with van der Waals surface area (Å²) in [6.07, 6.45) is 5.74. The summed E-state index contributed by atoms with van der Waals surface area (Å²) in [5.41, 5.74) is 2.75. The van der Waals surface area contributed by atoms with Gasteiger partial charge in [-0.15, -0.1) is 0 Å². The van der Waals surface area contributed by atoms with E-state index in [1.165, 1.54) is 24.9 Å². The first-order valence-electron chi connectivity index (χ1n) is 20.1. The Bertz CT molecular complexity index is 1910. The number of urea groups is 2. The topological polar surface area (TPSA) is 158 Å². The highest BCUT2D eigenvalue weighted by molar-refractivity contribution is 5.94. The van der Waals surface area contributed by atoms with Gasteiger partial charge in [-0.1, -0.05) is 54.6 Å². The molecule has 0 aromatic heterocycles. The van der Waals surface area contributed by atoms with Crippen molar-refractivity contribution in [3.63, 3.8) is 0 Å². The molecule has 4 amide bonds. The average Bonchev–Trinajstić information content (AvgIpc) is 3.15. The first-order valence-corrected chi connectivity index (χ1v) is 20.1. The van der Waals surface area contributed by atoms with Crippen LogP contribution in [0.1, 0.15) is 51.5 Å². The predicted octanol–water partition coefficient (Wildman–Crippen LogP) is 4.55. The van der Waals surface area contributed by atoms with E-state index in [1.54, 1.807) is 0 Å². The number of benzene rings is 4. The number of hydrogen-bond donors (Lipinski definition) is 10. The van der Waals surface area contributed by atoms with E-state index in [0.717, 1.165) is 78.2 Å². The van der Waals surface area contributed by atoms with Crippen molar-refractivity contribution in [1.82, 2.24) is 47.4 Å². The van der Waals surface area contributed by atoms with Gasteiger partial charge in [0.25, 0.3) is 0 Å². The Morgan fingerprint density at radius 2 is 1.31 bits per heavy atom. The maximum absolute atomic E-state index is 13.1. The highest BCUT2D eigenvalue weighted by Gasteiger charge is 2.28. The third kappa shape index (κ3) is 11.4. The highest BCUT2D eigenvalue weighted by atomic mass is 16.2. The number of fused-ring (bicyclic) bond motifs is 2. The molecule has 0 saturated carbocycles. The molecule has 13 heteroatoms. The van der Waals surface area contributed by atoms with Crippen molar-refractivity contribution in [3.05, 3.63) is 84.4 Å². The van der Waals surface area contributed by atoms with Crippen LogP contribution in [0.4, 0.5) is 21.0 Å². The van der Waals surface area contributed by atoms with Gasteiger partial charge < -0.3 is 36.8 Å². The summed E-state index contributed by atoms with van der Waals surface area (Å²) in [5.74, 6) is 0.660. The van der Waals surface area contributed by atoms with Crippen molar-refractivity contribution in [1.29, 1.82) is 0 Å². The summed E-state index contributed by atoms with van der Waals surface area (Å²) in [6.45, 7) is 8.41. The summed E-state index contributed by atoms with van der Waals surface area (Å²) in [6, 6.07) is 26.5. The number of rotatable bonds is 12. The zero-order chi connectivity index (χ0) is 38.1. The molecule has 0 aliphatic carbocycles. The molecule has 3 saturated heterocycles. The number of carbonyl (C=O) groups excluding carboxylic acids is 2. The molecule has 4 aromatic carbocycles. The second-order valence-electron chi connectivity index (χ2n) is 15.8. The largest absolute Gasteiger partial charge is 0.321 e. The van der Waals surface area contributed by atoms with Crippen LogP contribution in [0.25, 0.3) is 21.5 Å². The lowest BCUT2D eigenvalue weighted by Crippen LogP contribution is -2.68. The van der Waals surface area contributed by atoms with Crippen LogP contribution in [-0.2, 0) is 6.42 Å². The van der Waals surface area contributed by atoms with Crippen molar-refractivity contribution in [2.24, 2.45) is 5.92 Å². The van der Waals surface area contributed by atoms with E-state index in [2.05, 4.69) is 109 Å². The van der Waals surface area contributed by atoms with E-state index < -0.39 is 0 Å². The number of nitrogens with zero attached hydrogens (tertiary/aromatic N) is 1. The molecule has 3 fully saturated rings. The number of anilines is 2. The second-order valence-corrected chi connectivity index (χ2v) is 15.8. The number of likely N-dealkylation sites (tertiary alicyclic amines) is 1. The van der Waals surface area contributed by atoms with Crippen LogP contribution in [0.2, 0.25) is 0 Å². The normalized spacial score (nSPS) is 26.1. The molecule has 7 unspecified atom stereocenters. The molecule has 3 heterocycles. The van der Waals surface area contributed by atoms with Crippen LogP contribution in [0, 0.1) is 5.92 Å². The van der Waals surface area contributed by atoms with Crippen molar-refractivity contribution in [2.45, 2.75) is 89.4 Å². The minimum Gasteiger partial charge on any atom is -0.310 e.